The third-order valence-electron chi connectivity index (χ3n) is 5.81. The predicted molar refractivity (Wildman–Crippen MR) is 74.2 cm³/mol. The summed E-state index contributed by atoms with van der Waals surface area (Å²) in [6, 6.07) is 0. The summed E-state index contributed by atoms with van der Waals surface area (Å²) in [5.74, 6) is 0. The lowest BCUT2D eigenvalue weighted by Gasteiger charge is -2.62. The van der Waals surface area contributed by atoms with Crippen LogP contribution in [0, 0.1) is 5.41 Å². The van der Waals surface area contributed by atoms with Crippen molar-refractivity contribution in [1.29, 1.82) is 0 Å². The summed E-state index contributed by atoms with van der Waals surface area (Å²) in [7, 11) is 0. The number of hydrogen-bond donors (Lipinski definition) is 2. The predicted octanol–water partition coefficient (Wildman–Crippen LogP) is -1.36. The first-order chi connectivity index (χ1) is 9.12. The molecule has 0 aliphatic carbocycles. The van der Waals surface area contributed by atoms with Crippen LogP contribution in [0.2, 0.25) is 0 Å². The van der Waals surface area contributed by atoms with Gasteiger partial charge in [-0.15, -0.1) is 0 Å². The topological polar surface area (TPSA) is 42.0 Å². The Morgan fingerprint density at radius 2 is 1.53 bits per heavy atom. The van der Waals surface area contributed by atoms with E-state index >= 15 is 0 Å². The van der Waals surface area contributed by atoms with E-state index < -0.39 is 0 Å². The van der Waals surface area contributed by atoms with E-state index in [0.717, 1.165) is 52.4 Å². The molecule has 0 saturated carbocycles. The molecule has 5 saturated heterocycles. The molecule has 3 atom stereocenters. The van der Waals surface area contributed by atoms with Gasteiger partial charge in [0.1, 0.15) is 0 Å². The van der Waals surface area contributed by atoms with Crippen LogP contribution in [0.4, 0.5) is 0 Å². The van der Waals surface area contributed by atoms with E-state index in [1.165, 1.54) is 13.1 Å². The first-order valence-corrected chi connectivity index (χ1v) is 7.71. The molecule has 3 unspecified atom stereocenters. The maximum atomic E-state index is 11.1. The first-order valence-electron chi connectivity index (χ1n) is 7.71. The van der Waals surface area contributed by atoms with Crippen molar-refractivity contribution in [2.75, 3.05) is 65.4 Å². The Labute approximate surface area is 115 Å². The third kappa shape index (κ3) is 1.72. The normalized spacial score (nSPS) is 54.3. The molecule has 0 aromatic carbocycles. The third-order valence-corrected chi connectivity index (χ3v) is 5.81. The van der Waals surface area contributed by atoms with Gasteiger partial charge in [0, 0.05) is 70.9 Å². The average Bonchev–Trinajstić information content (AvgIpc) is 2.64. The minimum atomic E-state index is -0.177. The van der Waals surface area contributed by atoms with Crippen molar-refractivity contribution in [2.45, 2.75) is 18.6 Å². The van der Waals surface area contributed by atoms with Crippen LogP contribution in [0.5, 0.6) is 0 Å². The molecule has 5 fully saturated rings. The van der Waals surface area contributed by atoms with E-state index in [2.05, 4.69) is 26.9 Å². The standard InChI is InChI=1S/C14H26N4O/c1-13-8-16-6-7-17(9-13)11-14(10-16,12(13)19)18-4-2-15-3-5-18/h12,15,19H,2-11H2,1H3. The zero-order valence-electron chi connectivity index (χ0n) is 11.9. The van der Waals surface area contributed by atoms with Gasteiger partial charge in [0.15, 0.2) is 0 Å². The van der Waals surface area contributed by atoms with E-state index in [1.54, 1.807) is 0 Å². The highest BCUT2D eigenvalue weighted by Crippen LogP contribution is 2.45. The number of piperazine rings is 1. The average molecular weight is 266 g/mol. The second kappa shape index (κ2) is 4.15. The van der Waals surface area contributed by atoms with Crippen molar-refractivity contribution in [2.24, 2.45) is 5.41 Å². The molecule has 0 radical (unpaired) electrons. The second-order valence-electron chi connectivity index (χ2n) is 7.32. The molecule has 5 heterocycles. The molecule has 5 aliphatic rings. The molecule has 0 amide bonds. The number of fused-ring (bicyclic) bond motifs is 1. The summed E-state index contributed by atoms with van der Waals surface area (Å²) in [4.78, 5) is 7.78. The summed E-state index contributed by atoms with van der Waals surface area (Å²) in [6.45, 7) is 13.2. The van der Waals surface area contributed by atoms with E-state index in [-0.39, 0.29) is 17.1 Å². The van der Waals surface area contributed by atoms with Crippen LogP contribution in [0.1, 0.15) is 6.92 Å². The Morgan fingerprint density at radius 1 is 0.947 bits per heavy atom. The number of piperidine rings is 2. The van der Waals surface area contributed by atoms with Crippen molar-refractivity contribution in [3.05, 3.63) is 0 Å². The molecule has 4 bridgehead atoms. The molecule has 5 rings (SSSR count). The summed E-state index contributed by atoms with van der Waals surface area (Å²) in [5.41, 5.74) is 0.0295. The Kier molecular flexibility index (Phi) is 2.74. The maximum absolute atomic E-state index is 11.1. The number of hydrogen-bond acceptors (Lipinski definition) is 5. The molecule has 5 heteroatoms. The lowest BCUT2D eigenvalue weighted by Crippen LogP contribution is -2.79. The largest absolute Gasteiger partial charge is 0.390 e. The summed E-state index contributed by atoms with van der Waals surface area (Å²) in [6.07, 6.45) is -0.177. The van der Waals surface area contributed by atoms with Crippen LogP contribution in [-0.4, -0.2) is 96.9 Å². The molecule has 0 aromatic heterocycles. The van der Waals surface area contributed by atoms with Crippen LogP contribution >= 0.6 is 0 Å². The fourth-order valence-corrected chi connectivity index (χ4v) is 5.08. The van der Waals surface area contributed by atoms with Crippen LogP contribution in [-0.2, 0) is 0 Å². The number of aliphatic hydroxyl groups is 1. The Balaban J connectivity index is 1.73. The highest BCUT2D eigenvalue weighted by molar-refractivity contribution is 5.17. The van der Waals surface area contributed by atoms with Gasteiger partial charge >= 0.3 is 0 Å². The number of rotatable bonds is 1. The number of nitrogens with one attached hydrogen (secondary N) is 1. The van der Waals surface area contributed by atoms with Gasteiger partial charge < -0.3 is 10.4 Å². The molecule has 2 N–H and O–H groups in total. The van der Waals surface area contributed by atoms with Gasteiger partial charge in [-0.05, 0) is 0 Å². The fourth-order valence-electron chi connectivity index (χ4n) is 5.08. The summed E-state index contributed by atoms with van der Waals surface area (Å²) < 4.78 is 0. The van der Waals surface area contributed by atoms with Crippen LogP contribution in [0.25, 0.3) is 0 Å². The van der Waals surface area contributed by atoms with Gasteiger partial charge in [0.2, 0.25) is 0 Å². The Bertz CT molecular complexity index is 352. The van der Waals surface area contributed by atoms with E-state index in [4.69, 9.17) is 0 Å². The highest BCUT2D eigenvalue weighted by atomic mass is 16.3. The van der Waals surface area contributed by atoms with E-state index in [0.29, 0.717) is 0 Å². The van der Waals surface area contributed by atoms with Gasteiger partial charge in [-0.3, -0.25) is 14.7 Å². The van der Waals surface area contributed by atoms with Crippen LogP contribution in [0.15, 0.2) is 0 Å². The van der Waals surface area contributed by atoms with Crippen molar-refractivity contribution in [3.8, 4) is 0 Å². The van der Waals surface area contributed by atoms with Gasteiger partial charge in [-0.1, -0.05) is 6.92 Å². The van der Waals surface area contributed by atoms with Crippen molar-refractivity contribution in [1.82, 2.24) is 20.0 Å². The summed E-state index contributed by atoms with van der Waals surface area (Å²) >= 11 is 0. The lowest BCUT2D eigenvalue weighted by molar-refractivity contribution is -0.179. The molecule has 19 heavy (non-hydrogen) atoms. The summed E-state index contributed by atoms with van der Waals surface area (Å²) in [5, 5.41) is 14.5. The Hall–Kier alpha value is -0.200. The van der Waals surface area contributed by atoms with Gasteiger partial charge in [-0.2, -0.15) is 0 Å². The lowest BCUT2D eigenvalue weighted by atomic mass is 9.66. The zero-order chi connectivity index (χ0) is 13.1. The molecule has 0 aromatic rings. The highest BCUT2D eigenvalue weighted by Gasteiger charge is 2.61. The Morgan fingerprint density at radius 3 is 2.11 bits per heavy atom. The molecule has 108 valence electrons. The quantitative estimate of drug-likeness (QED) is 0.614. The molecular weight excluding hydrogens is 240 g/mol. The van der Waals surface area contributed by atoms with Crippen molar-refractivity contribution in [3.63, 3.8) is 0 Å². The molecule has 5 aliphatic heterocycles. The van der Waals surface area contributed by atoms with E-state index in [9.17, 15) is 5.11 Å². The molecular formula is C14H26N4O. The SMILES string of the molecule is CC12CN3CCN(C1)CC(N1CCNCC1)(C3)C2O. The van der Waals surface area contributed by atoms with Crippen LogP contribution < -0.4 is 5.32 Å². The fraction of sp³-hybridized carbons (Fsp3) is 1.00. The number of nitrogens with zero attached hydrogens (tertiary/aromatic N) is 3. The van der Waals surface area contributed by atoms with E-state index in [1.807, 2.05) is 0 Å². The van der Waals surface area contributed by atoms with Gasteiger partial charge in [-0.25, -0.2) is 0 Å². The minimum absolute atomic E-state index is 0.0240. The smallest absolute Gasteiger partial charge is 0.0826 e. The zero-order valence-corrected chi connectivity index (χ0v) is 11.9. The monoisotopic (exact) mass is 266 g/mol. The van der Waals surface area contributed by atoms with Gasteiger partial charge in [0.05, 0.1) is 11.6 Å². The maximum Gasteiger partial charge on any atom is 0.0826 e. The van der Waals surface area contributed by atoms with Crippen molar-refractivity contribution >= 4 is 0 Å². The van der Waals surface area contributed by atoms with Crippen molar-refractivity contribution < 1.29 is 5.11 Å². The first kappa shape index (κ1) is 12.5. The second-order valence-corrected chi connectivity index (χ2v) is 7.32. The molecule has 5 nitrogen and oxygen atoms in total. The number of aliphatic hydroxyl groups excluding tert-OH is 1. The minimum Gasteiger partial charge on any atom is -0.390 e. The van der Waals surface area contributed by atoms with Crippen LogP contribution in [0.3, 0.4) is 0 Å². The molecule has 0 spiro atoms. The van der Waals surface area contributed by atoms with Gasteiger partial charge in [0.25, 0.3) is 0 Å².